The third-order valence-electron chi connectivity index (χ3n) is 10.9. The summed E-state index contributed by atoms with van der Waals surface area (Å²) in [5, 5.41) is 7.38. The molecule has 0 saturated carbocycles. The summed E-state index contributed by atoms with van der Waals surface area (Å²) >= 11 is 1.87. The number of hydrogen-bond donors (Lipinski definition) is 0. The molecule has 0 amide bonds. The molecule has 0 unspecified atom stereocenters. The maximum absolute atomic E-state index is 6.30. The third-order valence-corrected chi connectivity index (χ3v) is 12.1. The zero-order valence-electron chi connectivity index (χ0n) is 29.8. The van der Waals surface area contributed by atoms with Gasteiger partial charge in [-0.2, -0.15) is 0 Å². The highest BCUT2D eigenvalue weighted by Crippen LogP contribution is 2.42. The molecule has 0 saturated heterocycles. The van der Waals surface area contributed by atoms with Crippen molar-refractivity contribution >= 4 is 81.3 Å². The van der Waals surface area contributed by atoms with Gasteiger partial charge in [-0.3, -0.25) is 0 Å². The Morgan fingerprint density at radius 2 is 0.927 bits per heavy atom. The van der Waals surface area contributed by atoms with E-state index in [1.54, 1.807) is 0 Å². The largest absolute Gasteiger partial charge is 0.456 e. The summed E-state index contributed by atoms with van der Waals surface area (Å²) in [7, 11) is 0. The van der Waals surface area contributed by atoms with Crippen LogP contribution in [-0.2, 0) is 0 Å². The molecule has 0 fully saturated rings. The predicted octanol–water partition coefficient (Wildman–Crippen LogP) is 15.6. The second-order valence-corrected chi connectivity index (χ2v) is 15.1. The van der Waals surface area contributed by atoms with Gasteiger partial charge in [0, 0.05) is 48.0 Å². The first-order valence-electron chi connectivity index (χ1n) is 18.7. The van der Waals surface area contributed by atoms with E-state index in [-0.39, 0.29) is 0 Å². The number of anilines is 3. The van der Waals surface area contributed by atoms with Crippen molar-refractivity contribution in [2.45, 2.75) is 0 Å². The predicted molar refractivity (Wildman–Crippen MR) is 235 cm³/mol. The van der Waals surface area contributed by atoms with Crippen LogP contribution in [0.4, 0.5) is 17.1 Å². The van der Waals surface area contributed by atoms with Crippen molar-refractivity contribution in [3.63, 3.8) is 0 Å². The van der Waals surface area contributed by atoms with E-state index in [0.717, 1.165) is 44.7 Å². The average molecular weight is 720 g/mol. The van der Waals surface area contributed by atoms with E-state index >= 15 is 0 Å². The minimum atomic E-state index is 0.906. The van der Waals surface area contributed by atoms with Crippen LogP contribution in [0.25, 0.3) is 86.3 Å². The summed E-state index contributed by atoms with van der Waals surface area (Å²) in [6, 6.07) is 72.1. The molecule has 0 atom stereocenters. The van der Waals surface area contributed by atoms with Gasteiger partial charge in [0.15, 0.2) is 0 Å². The van der Waals surface area contributed by atoms with Gasteiger partial charge >= 0.3 is 0 Å². The van der Waals surface area contributed by atoms with E-state index in [1.165, 1.54) is 58.6 Å². The average Bonchev–Trinajstić information content (AvgIpc) is 3.83. The number of hydrogen-bond acceptors (Lipinski definition) is 3. The first-order chi connectivity index (χ1) is 27.2. The topological polar surface area (TPSA) is 16.4 Å². The fourth-order valence-electron chi connectivity index (χ4n) is 8.18. The quantitative estimate of drug-likeness (QED) is 0.170. The number of thiophene rings is 1. The molecule has 2 heterocycles. The van der Waals surface area contributed by atoms with E-state index in [9.17, 15) is 0 Å². The summed E-state index contributed by atoms with van der Waals surface area (Å²) in [6.45, 7) is 0. The monoisotopic (exact) mass is 719 g/mol. The van der Waals surface area contributed by atoms with Crippen molar-refractivity contribution in [3.05, 3.63) is 200 Å². The van der Waals surface area contributed by atoms with Crippen molar-refractivity contribution in [2.75, 3.05) is 4.90 Å². The normalized spacial score (nSPS) is 11.6. The molecule has 0 radical (unpaired) electrons. The smallest absolute Gasteiger partial charge is 0.136 e. The van der Waals surface area contributed by atoms with Gasteiger partial charge in [-0.1, -0.05) is 140 Å². The van der Waals surface area contributed by atoms with Gasteiger partial charge in [0.1, 0.15) is 11.2 Å². The molecular weight excluding hydrogens is 687 g/mol. The zero-order valence-corrected chi connectivity index (χ0v) is 30.6. The van der Waals surface area contributed by atoms with Crippen LogP contribution >= 0.6 is 11.3 Å². The highest BCUT2D eigenvalue weighted by Gasteiger charge is 2.16. The SMILES string of the molecule is c1ccc(-c2ccc(N(c3ccc(-c4ccc5oc6ccc7ccccc7c6c5c4)cc3)c3ccc(-c4cccc5c4sc4ccccc45)cc3)cc2)cc1. The van der Waals surface area contributed by atoms with Gasteiger partial charge in [-0.15, -0.1) is 11.3 Å². The summed E-state index contributed by atoms with van der Waals surface area (Å²) < 4.78 is 8.95. The summed E-state index contributed by atoms with van der Waals surface area (Å²) in [5.74, 6) is 0. The zero-order chi connectivity index (χ0) is 36.3. The Balaban J connectivity index is 0.988. The van der Waals surface area contributed by atoms with E-state index in [4.69, 9.17) is 4.42 Å². The molecule has 0 N–H and O–H groups in total. The fourth-order valence-corrected chi connectivity index (χ4v) is 9.41. The van der Waals surface area contributed by atoms with Crippen LogP contribution in [0.15, 0.2) is 205 Å². The molecule has 11 rings (SSSR count). The second kappa shape index (κ2) is 12.9. The molecule has 0 aliphatic rings. The standard InChI is InChI=1S/C52H33NOS/c1-2-9-34(10-3-1)35-17-25-40(26-18-35)53(42-29-21-38(22-30-42)44-14-8-15-46-45-13-6-7-16-50(45)55-52(44)46)41-27-19-36(20-28-41)39-24-31-48-47(33-39)51-43-12-5-4-11-37(43)23-32-49(51)54-48/h1-33H. The molecule has 258 valence electrons. The van der Waals surface area contributed by atoms with Crippen molar-refractivity contribution < 1.29 is 4.42 Å². The summed E-state index contributed by atoms with van der Waals surface area (Å²) in [4.78, 5) is 2.35. The molecule has 0 aliphatic heterocycles. The molecule has 0 aliphatic carbocycles. The first kappa shape index (κ1) is 31.6. The van der Waals surface area contributed by atoms with E-state index in [1.807, 2.05) is 11.3 Å². The Morgan fingerprint density at radius 3 is 1.67 bits per heavy atom. The minimum absolute atomic E-state index is 0.906. The molecule has 55 heavy (non-hydrogen) atoms. The lowest BCUT2D eigenvalue weighted by Gasteiger charge is -2.26. The number of fused-ring (bicyclic) bond motifs is 8. The van der Waals surface area contributed by atoms with Crippen LogP contribution in [-0.4, -0.2) is 0 Å². The van der Waals surface area contributed by atoms with Crippen molar-refractivity contribution in [3.8, 4) is 33.4 Å². The number of nitrogens with zero attached hydrogens (tertiary/aromatic N) is 1. The minimum Gasteiger partial charge on any atom is -0.456 e. The third kappa shape index (κ3) is 5.40. The van der Waals surface area contributed by atoms with Crippen LogP contribution in [0.2, 0.25) is 0 Å². The Morgan fingerprint density at radius 1 is 0.364 bits per heavy atom. The van der Waals surface area contributed by atoms with Crippen LogP contribution in [0.3, 0.4) is 0 Å². The molecule has 2 nitrogen and oxygen atoms in total. The van der Waals surface area contributed by atoms with Crippen molar-refractivity contribution in [2.24, 2.45) is 0 Å². The molecule has 2 aromatic heterocycles. The van der Waals surface area contributed by atoms with Crippen LogP contribution in [0.1, 0.15) is 0 Å². The number of rotatable bonds is 6. The number of benzene rings is 9. The van der Waals surface area contributed by atoms with Crippen LogP contribution in [0.5, 0.6) is 0 Å². The molecule has 3 heteroatoms. The molecular formula is C52H33NOS. The Hall–Kier alpha value is -6.94. The van der Waals surface area contributed by atoms with Crippen molar-refractivity contribution in [1.29, 1.82) is 0 Å². The van der Waals surface area contributed by atoms with Crippen molar-refractivity contribution in [1.82, 2.24) is 0 Å². The van der Waals surface area contributed by atoms with Gasteiger partial charge < -0.3 is 9.32 Å². The van der Waals surface area contributed by atoms with Gasteiger partial charge in [-0.25, -0.2) is 0 Å². The van der Waals surface area contributed by atoms with E-state index < -0.39 is 0 Å². The molecule has 0 bridgehead atoms. The Bertz CT molecular complexity index is 3170. The molecule has 9 aromatic carbocycles. The lowest BCUT2D eigenvalue weighted by Crippen LogP contribution is -2.09. The molecule has 0 spiro atoms. The Labute approximate surface area is 322 Å². The van der Waals surface area contributed by atoms with Gasteiger partial charge in [0.05, 0.1) is 0 Å². The number of furan rings is 1. The first-order valence-corrected chi connectivity index (χ1v) is 19.5. The lowest BCUT2D eigenvalue weighted by molar-refractivity contribution is 0.669. The lowest BCUT2D eigenvalue weighted by atomic mass is 9.99. The highest BCUT2D eigenvalue weighted by atomic mass is 32.1. The van der Waals surface area contributed by atoms with E-state index in [0.29, 0.717) is 0 Å². The highest BCUT2D eigenvalue weighted by molar-refractivity contribution is 7.26. The van der Waals surface area contributed by atoms with Crippen LogP contribution in [0, 0.1) is 0 Å². The van der Waals surface area contributed by atoms with Gasteiger partial charge in [0.25, 0.3) is 0 Å². The van der Waals surface area contributed by atoms with E-state index in [2.05, 4.69) is 205 Å². The van der Waals surface area contributed by atoms with Crippen LogP contribution < -0.4 is 4.90 Å². The molecule has 11 aromatic rings. The fraction of sp³-hybridized carbons (Fsp3) is 0. The maximum atomic E-state index is 6.30. The summed E-state index contributed by atoms with van der Waals surface area (Å²) in [5.41, 5.74) is 12.3. The maximum Gasteiger partial charge on any atom is 0.136 e. The Kier molecular flexibility index (Phi) is 7.39. The van der Waals surface area contributed by atoms with Gasteiger partial charge in [-0.05, 0) is 105 Å². The van der Waals surface area contributed by atoms with Gasteiger partial charge in [0.2, 0.25) is 0 Å². The summed E-state index contributed by atoms with van der Waals surface area (Å²) in [6.07, 6.45) is 0. The second-order valence-electron chi connectivity index (χ2n) is 14.1.